The summed E-state index contributed by atoms with van der Waals surface area (Å²) in [7, 11) is 0. The Balaban J connectivity index is 1.89. The van der Waals surface area contributed by atoms with Crippen LogP contribution < -0.4 is 5.32 Å². The predicted molar refractivity (Wildman–Crippen MR) is 79.8 cm³/mol. The molecule has 0 bridgehead atoms. The second kappa shape index (κ2) is 6.80. The minimum Gasteiger partial charge on any atom is -0.352 e. The number of carbonyl (C=O) groups excluding carboxylic acids is 1. The van der Waals surface area contributed by atoms with Crippen LogP contribution in [0.25, 0.3) is 0 Å². The van der Waals surface area contributed by atoms with E-state index >= 15 is 0 Å². The molecule has 0 fully saturated rings. The van der Waals surface area contributed by atoms with Crippen molar-refractivity contribution in [2.75, 3.05) is 0 Å². The maximum atomic E-state index is 13.4. The highest BCUT2D eigenvalue weighted by Gasteiger charge is 2.07. The van der Waals surface area contributed by atoms with Crippen molar-refractivity contribution in [3.8, 4) is 0 Å². The van der Waals surface area contributed by atoms with E-state index in [1.165, 1.54) is 18.2 Å². The van der Waals surface area contributed by atoms with Gasteiger partial charge in [-0.25, -0.2) is 4.39 Å². The van der Waals surface area contributed by atoms with E-state index in [2.05, 4.69) is 5.32 Å². The number of benzene rings is 2. The van der Waals surface area contributed by atoms with Gasteiger partial charge in [-0.1, -0.05) is 24.3 Å². The Bertz CT molecular complexity index is 699. The molecule has 2 aromatic rings. The first kappa shape index (κ1) is 15.6. The molecule has 0 atom stereocenters. The van der Waals surface area contributed by atoms with Crippen LogP contribution in [0.5, 0.6) is 0 Å². The Morgan fingerprint density at radius 3 is 2.41 bits per heavy atom. The summed E-state index contributed by atoms with van der Waals surface area (Å²) in [5.74, 6) is -0.531. The van der Waals surface area contributed by atoms with Crippen LogP contribution in [0.2, 0.25) is 0 Å². The first-order chi connectivity index (χ1) is 10.5. The number of non-ortho nitro benzene ring substituents is 1. The lowest BCUT2D eigenvalue weighted by molar-refractivity contribution is -0.384. The topological polar surface area (TPSA) is 72.2 Å². The van der Waals surface area contributed by atoms with E-state index in [-0.39, 0.29) is 30.4 Å². The standard InChI is InChI=1S/C16H15FN2O3/c1-11-2-3-13(8-15(11)17)10-18-16(20)9-12-4-6-14(7-5-12)19(21)22/h2-8H,9-10H2,1H3,(H,18,20). The van der Waals surface area contributed by atoms with Gasteiger partial charge in [-0.15, -0.1) is 0 Å². The van der Waals surface area contributed by atoms with Crippen LogP contribution in [0.3, 0.4) is 0 Å². The van der Waals surface area contributed by atoms with Gasteiger partial charge >= 0.3 is 0 Å². The molecule has 0 spiro atoms. The smallest absolute Gasteiger partial charge is 0.269 e. The molecule has 0 saturated carbocycles. The minimum absolute atomic E-state index is 0.0145. The van der Waals surface area contributed by atoms with Gasteiger partial charge < -0.3 is 5.32 Å². The molecule has 0 aliphatic rings. The Kier molecular flexibility index (Phi) is 4.83. The third-order valence-electron chi connectivity index (χ3n) is 3.24. The third-order valence-corrected chi connectivity index (χ3v) is 3.24. The predicted octanol–water partition coefficient (Wildman–Crippen LogP) is 2.90. The van der Waals surface area contributed by atoms with E-state index in [0.29, 0.717) is 16.7 Å². The van der Waals surface area contributed by atoms with Gasteiger partial charge in [-0.05, 0) is 29.7 Å². The van der Waals surface area contributed by atoms with E-state index in [1.807, 2.05) is 0 Å². The van der Waals surface area contributed by atoms with Gasteiger partial charge in [0.1, 0.15) is 5.82 Å². The summed E-state index contributed by atoms with van der Waals surface area (Å²) >= 11 is 0. The fourth-order valence-corrected chi connectivity index (χ4v) is 1.93. The van der Waals surface area contributed by atoms with Crippen LogP contribution in [0.1, 0.15) is 16.7 Å². The maximum Gasteiger partial charge on any atom is 0.269 e. The fourth-order valence-electron chi connectivity index (χ4n) is 1.93. The lowest BCUT2D eigenvalue weighted by Gasteiger charge is -2.06. The van der Waals surface area contributed by atoms with Crippen LogP contribution in [-0.2, 0) is 17.8 Å². The summed E-state index contributed by atoms with van der Waals surface area (Å²) in [6.45, 7) is 1.91. The number of nitrogens with zero attached hydrogens (tertiary/aromatic N) is 1. The molecule has 5 nitrogen and oxygen atoms in total. The van der Waals surface area contributed by atoms with Crippen molar-refractivity contribution in [3.63, 3.8) is 0 Å². The summed E-state index contributed by atoms with van der Waals surface area (Å²) in [4.78, 5) is 21.9. The number of nitrogens with one attached hydrogen (secondary N) is 1. The van der Waals surface area contributed by atoms with Crippen molar-refractivity contribution in [2.45, 2.75) is 19.9 Å². The first-order valence-electron chi connectivity index (χ1n) is 6.71. The van der Waals surface area contributed by atoms with E-state index in [4.69, 9.17) is 0 Å². The molecule has 1 N–H and O–H groups in total. The summed E-state index contributed by atoms with van der Waals surface area (Å²) in [6, 6.07) is 10.6. The molecule has 0 aromatic heterocycles. The van der Waals surface area contributed by atoms with E-state index in [1.54, 1.807) is 31.2 Å². The zero-order valence-electron chi connectivity index (χ0n) is 12.0. The number of hydrogen-bond donors (Lipinski definition) is 1. The van der Waals surface area contributed by atoms with Crippen molar-refractivity contribution in [1.82, 2.24) is 5.32 Å². The Morgan fingerprint density at radius 2 is 1.82 bits per heavy atom. The normalized spacial score (nSPS) is 10.3. The maximum absolute atomic E-state index is 13.4. The number of nitro groups is 1. The molecule has 0 radical (unpaired) electrons. The number of aryl methyl sites for hydroxylation is 1. The number of nitro benzene ring substituents is 1. The second-order valence-electron chi connectivity index (χ2n) is 4.96. The lowest BCUT2D eigenvalue weighted by atomic mass is 10.1. The molecule has 0 unspecified atom stereocenters. The van der Waals surface area contributed by atoms with E-state index in [0.717, 1.165) is 0 Å². The monoisotopic (exact) mass is 302 g/mol. The van der Waals surface area contributed by atoms with Crippen LogP contribution in [0.4, 0.5) is 10.1 Å². The van der Waals surface area contributed by atoms with Crippen LogP contribution >= 0.6 is 0 Å². The molecule has 2 aromatic carbocycles. The summed E-state index contributed by atoms with van der Waals surface area (Å²) in [5.41, 5.74) is 1.90. The number of amides is 1. The number of hydrogen-bond acceptors (Lipinski definition) is 3. The molecule has 2 rings (SSSR count). The Morgan fingerprint density at radius 1 is 1.18 bits per heavy atom. The van der Waals surface area contributed by atoms with Gasteiger partial charge in [0.2, 0.25) is 5.91 Å². The number of rotatable bonds is 5. The third kappa shape index (κ3) is 4.12. The molecule has 6 heteroatoms. The molecule has 22 heavy (non-hydrogen) atoms. The Labute approximate surface area is 126 Å². The van der Waals surface area contributed by atoms with Gasteiger partial charge in [0.05, 0.1) is 11.3 Å². The molecular formula is C16H15FN2O3. The lowest BCUT2D eigenvalue weighted by Crippen LogP contribution is -2.24. The first-order valence-corrected chi connectivity index (χ1v) is 6.71. The second-order valence-corrected chi connectivity index (χ2v) is 4.96. The molecule has 0 aliphatic heterocycles. The zero-order chi connectivity index (χ0) is 16.1. The van der Waals surface area contributed by atoms with E-state index in [9.17, 15) is 19.3 Å². The van der Waals surface area contributed by atoms with Gasteiger partial charge in [0, 0.05) is 18.7 Å². The molecule has 114 valence electrons. The minimum atomic E-state index is -0.490. The number of halogens is 1. The molecule has 0 saturated heterocycles. The van der Waals surface area contributed by atoms with Crippen molar-refractivity contribution < 1.29 is 14.1 Å². The van der Waals surface area contributed by atoms with Gasteiger partial charge in [-0.2, -0.15) is 0 Å². The van der Waals surface area contributed by atoms with Gasteiger partial charge in [0.25, 0.3) is 5.69 Å². The average Bonchev–Trinajstić information content (AvgIpc) is 2.49. The summed E-state index contributed by atoms with van der Waals surface area (Å²) in [6.07, 6.45) is 0.117. The largest absolute Gasteiger partial charge is 0.352 e. The van der Waals surface area contributed by atoms with Crippen molar-refractivity contribution in [1.29, 1.82) is 0 Å². The Hall–Kier alpha value is -2.76. The molecular weight excluding hydrogens is 287 g/mol. The highest BCUT2D eigenvalue weighted by Crippen LogP contribution is 2.12. The fraction of sp³-hybridized carbons (Fsp3) is 0.188. The van der Waals surface area contributed by atoms with Gasteiger partial charge in [0.15, 0.2) is 0 Å². The molecule has 0 heterocycles. The van der Waals surface area contributed by atoms with Crippen LogP contribution in [0, 0.1) is 22.9 Å². The SMILES string of the molecule is Cc1ccc(CNC(=O)Cc2ccc([N+](=O)[O-])cc2)cc1F. The molecule has 1 amide bonds. The summed E-state index contributed by atoms with van der Waals surface area (Å²) < 4.78 is 13.4. The van der Waals surface area contributed by atoms with Crippen LogP contribution in [0.15, 0.2) is 42.5 Å². The zero-order valence-corrected chi connectivity index (χ0v) is 12.0. The molecule has 0 aliphatic carbocycles. The van der Waals surface area contributed by atoms with Crippen LogP contribution in [-0.4, -0.2) is 10.8 Å². The van der Waals surface area contributed by atoms with Crippen molar-refractivity contribution in [3.05, 3.63) is 75.1 Å². The van der Waals surface area contributed by atoms with Crippen molar-refractivity contribution >= 4 is 11.6 Å². The number of carbonyl (C=O) groups is 1. The quantitative estimate of drug-likeness (QED) is 0.682. The highest BCUT2D eigenvalue weighted by molar-refractivity contribution is 5.78. The average molecular weight is 302 g/mol. The van der Waals surface area contributed by atoms with Crippen molar-refractivity contribution in [2.24, 2.45) is 0 Å². The summed E-state index contributed by atoms with van der Waals surface area (Å²) in [5, 5.41) is 13.2. The van der Waals surface area contributed by atoms with E-state index < -0.39 is 4.92 Å². The highest BCUT2D eigenvalue weighted by atomic mass is 19.1. The van der Waals surface area contributed by atoms with Gasteiger partial charge in [-0.3, -0.25) is 14.9 Å².